The zero-order valence-corrected chi connectivity index (χ0v) is 12.8. The Morgan fingerprint density at radius 2 is 2.37 bits per heavy atom. The first kappa shape index (κ1) is 14.5. The van der Waals surface area contributed by atoms with Crippen LogP contribution >= 0.6 is 0 Å². The number of aryl methyl sites for hydroxylation is 2. The van der Waals surface area contributed by atoms with Gasteiger partial charge in [-0.25, -0.2) is 0 Å². The summed E-state index contributed by atoms with van der Waals surface area (Å²) in [6.45, 7) is 10.2. The van der Waals surface area contributed by atoms with Gasteiger partial charge in [0.2, 0.25) is 0 Å². The number of rotatable bonds is 5. The summed E-state index contributed by atoms with van der Waals surface area (Å²) >= 11 is 0. The van der Waals surface area contributed by atoms with Gasteiger partial charge in [0.1, 0.15) is 0 Å². The molecule has 4 heteroatoms. The Hall–Kier alpha value is -0.870. The van der Waals surface area contributed by atoms with Gasteiger partial charge in [-0.3, -0.25) is 9.58 Å². The van der Waals surface area contributed by atoms with Crippen LogP contribution in [0.3, 0.4) is 0 Å². The van der Waals surface area contributed by atoms with Crippen molar-refractivity contribution in [2.45, 2.75) is 52.1 Å². The summed E-state index contributed by atoms with van der Waals surface area (Å²) in [7, 11) is 2.01. The van der Waals surface area contributed by atoms with Gasteiger partial charge in [0.25, 0.3) is 0 Å². The van der Waals surface area contributed by atoms with Crippen LogP contribution in [0.4, 0.5) is 0 Å². The zero-order chi connectivity index (χ0) is 13.8. The standard InChI is InChI=1S/C15H28N4/c1-5-9-19(14-7-6-8-16-10-14)13(3)15-11-18(4)17-12(15)2/h11,13-14,16H,5-10H2,1-4H3. The lowest BCUT2D eigenvalue weighted by atomic mass is 10.0. The molecule has 1 fully saturated rings. The molecule has 1 N–H and O–H groups in total. The molecule has 2 unspecified atom stereocenters. The highest BCUT2D eigenvalue weighted by molar-refractivity contribution is 5.19. The SMILES string of the molecule is CCCN(C1CCCNC1)C(C)c1cn(C)nc1C. The first-order valence-electron chi connectivity index (χ1n) is 7.60. The summed E-state index contributed by atoms with van der Waals surface area (Å²) in [6.07, 6.45) is 6.00. The van der Waals surface area contributed by atoms with Gasteiger partial charge in [0.05, 0.1) is 5.69 Å². The second kappa shape index (κ2) is 6.53. The molecule has 1 saturated heterocycles. The highest BCUT2D eigenvalue weighted by atomic mass is 15.3. The van der Waals surface area contributed by atoms with Crippen molar-refractivity contribution >= 4 is 0 Å². The fraction of sp³-hybridized carbons (Fsp3) is 0.800. The van der Waals surface area contributed by atoms with Crippen LogP contribution in [-0.4, -0.2) is 40.4 Å². The quantitative estimate of drug-likeness (QED) is 0.885. The Balaban J connectivity index is 2.15. The van der Waals surface area contributed by atoms with E-state index in [0.717, 1.165) is 6.54 Å². The first-order chi connectivity index (χ1) is 9.13. The third kappa shape index (κ3) is 3.37. The van der Waals surface area contributed by atoms with Crippen molar-refractivity contribution < 1.29 is 0 Å². The van der Waals surface area contributed by atoms with Crippen LogP contribution in [0.25, 0.3) is 0 Å². The lowest BCUT2D eigenvalue weighted by molar-refractivity contribution is 0.120. The van der Waals surface area contributed by atoms with E-state index in [0.29, 0.717) is 12.1 Å². The number of nitrogens with zero attached hydrogens (tertiary/aromatic N) is 3. The Morgan fingerprint density at radius 1 is 1.58 bits per heavy atom. The monoisotopic (exact) mass is 264 g/mol. The van der Waals surface area contributed by atoms with Crippen molar-refractivity contribution in [2.75, 3.05) is 19.6 Å². The molecule has 1 aromatic rings. The highest BCUT2D eigenvalue weighted by Gasteiger charge is 2.26. The van der Waals surface area contributed by atoms with Crippen molar-refractivity contribution in [2.24, 2.45) is 7.05 Å². The van der Waals surface area contributed by atoms with E-state index in [1.54, 1.807) is 0 Å². The van der Waals surface area contributed by atoms with Crippen molar-refractivity contribution in [1.82, 2.24) is 20.0 Å². The van der Waals surface area contributed by atoms with Crippen LogP contribution in [0.5, 0.6) is 0 Å². The van der Waals surface area contributed by atoms with Crippen LogP contribution in [0.15, 0.2) is 6.20 Å². The fourth-order valence-corrected chi connectivity index (χ4v) is 3.27. The largest absolute Gasteiger partial charge is 0.315 e. The van der Waals surface area contributed by atoms with E-state index < -0.39 is 0 Å². The van der Waals surface area contributed by atoms with Gasteiger partial charge in [0.15, 0.2) is 0 Å². The molecule has 2 rings (SSSR count). The molecule has 1 aromatic heterocycles. The number of nitrogens with one attached hydrogen (secondary N) is 1. The second-order valence-corrected chi connectivity index (χ2v) is 5.76. The molecule has 0 aromatic carbocycles. The summed E-state index contributed by atoms with van der Waals surface area (Å²) in [6, 6.07) is 1.13. The Bertz CT molecular complexity index is 393. The zero-order valence-electron chi connectivity index (χ0n) is 12.8. The molecule has 0 amide bonds. The molecule has 0 radical (unpaired) electrons. The van der Waals surface area contributed by atoms with E-state index in [4.69, 9.17) is 0 Å². The summed E-state index contributed by atoms with van der Waals surface area (Å²) in [5, 5.41) is 8.03. The molecule has 4 nitrogen and oxygen atoms in total. The minimum Gasteiger partial charge on any atom is -0.315 e. The van der Waals surface area contributed by atoms with Gasteiger partial charge in [-0.2, -0.15) is 5.10 Å². The molecule has 19 heavy (non-hydrogen) atoms. The second-order valence-electron chi connectivity index (χ2n) is 5.76. The molecule has 2 heterocycles. The van der Waals surface area contributed by atoms with Crippen LogP contribution in [0.1, 0.15) is 50.4 Å². The van der Waals surface area contributed by atoms with Gasteiger partial charge in [-0.15, -0.1) is 0 Å². The third-order valence-corrected chi connectivity index (χ3v) is 4.22. The Kier molecular flexibility index (Phi) is 4.99. The van der Waals surface area contributed by atoms with Gasteiger partial charge < -0.3 is 5.32 Å². The predicted octanol–water partition coefficient (Wildman–Crippen LogP) is 2.25. The van der Waals surface area contributed by atoms with Gasteiger partial charge in [-0.1, -0.05) is 6.92 Å². The maximum Gasteiger partial charge on any atom is 0.0641 e. The topological polar surface area (TPSA) is 33.1 Å². The average Bonchev–Trinajstić information content (AvgIpc) is 2.75. The first-order valence-corrected chi connectivity index (χ1v) is 7.60. The molecular formula is C15H28N4. The highest BCUT2D eigenvalue weighted by Crippen LogP contribution is 2.27. The summed E-state index contributed by atoms with van der Waals surface area (Å²) < 4.78 is 1.93. The van der Waals surface area contributed by atoms with Crippen molar-refractivity contribution in [3.8, 4) is 0 Å². The number of hydrogen-bond acceptors (Lipinski definition) is 3. The normalized spacial score (nSPS) is 21.8. The summed E-state index contributed by atoms with van der Waals surface area (Å²) in [4.78, 5) is 2.66. The molecular weight excluding hydrogens is 236 g/mol. The number of aromatic nitrogens is 2. The third-order valence-electron chi connectivity index (χ3n) is 4.22. The van der Waals surface area contributed by atoms with Crippen LogP contribution < -0.4 is 5.32 Å². The molecule has 0 spiro atoms. The van der Waals surface area contributed by atoms with Crippen molar-refractivity contribution in [1.29, 1.82) is 0 Å². The van der Waals surface area contributed by atoms with E-state index in [2.05, 4.69) is 42.3 Å². The van der Waals surface area contributed by atoms with Crippen LogP contribution in [0.2, 0.25) is 0 Å². The lowest BCUT2D eigenvalue weighted by Gasteiger charge is -2.38. The fourth-order valence-electron chi connectivity index (χ4n) is 3.27. The number of piperidine rings is 1. The molecule has 0 saturated carbocycles. The van der Waals surface area contributed by atoms with Crippen molar-refractivity contribution in [3.05, 3.63) is 17.5 Å². The van der Waals surface area contributed by atoms with E-state index in [1.807, 2.05) is 11.7 Å². The van der Waals surface area contributed by atoms with Gasteiger partial charge in [-0.05, 0) is 46.2 Å². The number of hydrogen-bond donors (Lipinski definition) is 1. The molecule has 0 aliphatic carbocycles. The molecule has 2 atom stereocenters. The summed E-state index contributed by atoms with van der Waals surface area (Å²) in [5.74, 6) is 0. The van der Waals surface area contributed by atoms with E-state index in [9.17, 15) is 0 Å². The van der Waals surface area contributed by atoms with Crippen LogP contribution in [0, 0.1) is 6.92 Å². The molecule has 1 aliphatic heterocycles. The van der Waals surface area contributed by atoms with E-state index in [1.165, 1.54) is 43.6 Å². The Labute approximate surface area is 117 Å². The molecule has 1 aliphatic rings. The van der Waals surface area contributed by atoms with Crippen LogP contribution in [-0.2, 0) is 7.05 Å². The summed E-state index contributed by atoms with van der Waals surface area (Å²) in [5.41, 5.74) is 2.54. The van der Waals surface area contributed by atoms with E-state index >= 15 is 0 Å². The maximum atomic E-state index is 4.49. The lowest BCUT2D eigenvalue weighted by Crippen LogP contribution is -2.47. The minimum absolute atomic E-state index is 0.457. The van der Waals surface area contributed by atoms with Gasteiger partial charge >= 0.3 is 0 Å². The van der Waals surface area contributed by atoms with E-state index in [-0.39, 0.29) is 0 Å². The smallest absolute Gasteiger partial charge is 0.0641 e. The molecule has 108 valence electrons. The van der Waals surface area contributed by atoms with Crippen molar-refractivity contribution in [3.63, 3.8) is 0 Å². The van der Waals surface area contributed by atoms with Gasteiger partial charge in [0, 0.05) is 37.4 Å². The Morgan fingerprint density at radius 3 is 2.89 bits per heavy atom. The maximum absolute atomic E-state index is 4.49. The predicted molar refractivity (Wildman–Crippen MR) is 79.2 cm³/mol. The molecule has 0 bridgehead atoms. The minimum atomic E-state index is 0.457. The average molecular weight is 264 g/mol.